The number of anilines is 1. The van der Waals surface area contributed by atoms with Crippen LogP contribution in [0.25, 0.3) is 10.9 Å². The van der Waals surface area contributed by atoms with Crippen LogP contribution >= 0.6 is 0 Å². The van der Waals surface area contributed by atoms with Crippen molar-refractivity contribution in [3.63, 3.8) is 0 Å². The highest BCUT2D eigenvalue weighted by molar-refractivity contribution is 5.94. The zero-order chi connectivity index (χ0) is 15.5. The Labute approximate surface area is 124 Å². The standard InChI is InChI=1S/C16H18N4O/c1-16(2,15(21)18-3)10-20-14-11(8-17)9-19-13-7-5-4-6-12(13)14/h4-7,9H,10H2,1-3H3,(H,18,21)(H,19,20). The van der Waals surface area contributed by atoms with Gasteiger partial charge in [-0.2, -0.15) is 5.26 Å². The number of fused-ring (bicyclic) bond motifs is 1. The van der Waals surface area contributed by atoms with E-state index in [0.717, 1.165) is 16.6 Å². The molecule has 0 spiro atoms. The molecule has 0 aliphatic carbocycles. The van der Waals surface area contributed by atoms with Crippen LogP contribution in [-0.4, -0.2) is 24.5 Å². The molecule has 0 atom stereocenters. The van der Waals surface area contributed by atoms with Crippen LogP contribution in [0.4, 0.5) is 5.69 Å². The molecule has 5 nitrogen and oxygen atoms in total. The minimum absolute atomic E-state index is 0.0492. The van der Waals surface area contributed by atoms with Gasteiger partial charge in [-0.3, -0.25) is 9.78 Å². The van der Waals surface area contributed by atoms with Crippen molar-refractivity contribution in [2.24, 2.45) is 5.41 Å². The fourth-order valence-corrected chi connectivity index (χ4v) is 2.14. The predicted octanol–water partition coefficient (Wildman–Crippen LogP) is 2.29. The molecular formula is C16H18N4O. The van der Waals surface area contributed by atoms with E-state index in [1.807, 2.05) is 38.1 Å². The average molecular weight is 282 g/mol. The molecule has 0 unspecified atom stereocenters. The summed E-state index contributed by atoms with van der Waals surface area (Å²) in [6, 6.07) is 9.76. The molecule has 0 aliphatic rings. The van der Waals surface area contributed by atoms with Crippen LogP contribution in [0, 0.1) is 16.7 Å². The topological polar surface area (TPSA) is 77.8 Å². The lowest BCUT2D eigenvalue weighted by Crippen LogP contribution is -2.39. The van der Waals surface area contributed by atoms with Gasteiger partial charge < -0.3 is 10.6 Å². The van der Waals surface area contributed by atoms with Gasteiger partial charge in [0.25, 0.3) is 0 Å². The van der Waals surface area contributed by atoms with Crippen molar-refractivity contribution in [2.75, 3.05) is 18.9 Å². The molecule has 0 bridgehead atoms. The van der Waals surface area contributed by atoms with Gasteiger partial charge in [0.05, 0.1) is 22.2 Å². The van der Waals surface area contributed by atoms with Gasteiger partial charge in [-0.1, -0.05) is 18.2 Å². The van der Waals surface area contributed by atoms with E-state index in [0.29, 0.717) is 12.1 Å². The Morgan fingerprint density at radius 2 is 2.10 bits per heavy atom. The second-order valence-corrected chi connectivity index (χ2v) is 5.49. The summed E-state index contributed by atoms with van der Waals surface area (Å²) in [5, 5.41) is 16.0. The zero-order valence-corrected chi connectivity index (χ0v) is 12.4. The summed E-state index contributed by atoms with van der Waals surface area (Å²) in [7, 11) is 1.62. The number of pyridine rings is 1. The van der Waals surface area contributed by atoms with Gasteiger partial charge >= 0.3 is 0 Å². The van der Waals surface area contributed by atoms with Crippen LogP contribution in [0.2, 0.25) is 0 Å². The lowest BCUT2D eigenvalue weighted by atomic mass is 9.92. The van der Waals surface area contributed by atoms with E-state index in [-0.39, 0.29) is 5.91 Å². The molecule has 5 heteroatoms. The minimum Gasteiger partial charge on any atom is -0.382 e. The molecule has 0 fully saturated rings. The Hall–Kier alpha value is -2.61. The minimum atomic E-state index is -0.578. The van der Waals surface area contributed by atoms with Crippen LogP contribution in [0.5, 0.6) is 0 Å². The maximum Gasteiger partial charge on any atom is 0.227 e. The predicted molar refractivity (Wildman–Crippen MR) is 82.8 cm³/mol. The second-order valence-electron chi connectivity index (χ2n) is 5.49. The molecule has 0 saturated heterocycles. The summed E-state index contributed by atoms with van der Waals surface area (Å²) < 4.78 is 0. The molecule has 2 rings (SSSR count). The highest BCUT2D eigenvalue weighted by Gasteiger charge is 2.26. The molecule has 1 amide bonds. The summed E-state index contributed by atoms with van der Waals surface area (Å²) in [6.07, 6.45) is 1.55. The fourth-order valence-electron chi connectivity index (χ4n) is 2.14. The van der Waals surface area contributed by atoms with E-state index in [1.165, 1.54) is 0 Å². The number of nitrogens with one attached hydrogen (secondary N) is 2. The number of benzene rings is 1. The highest BCUT2D eigenvalue weighted by atomic mass is 16.2. The Morgan fingerprint density at radius 1 is 1.38 bits per heavy atom. The fraction of sp³-hybridized carbons (Fsp3) is 0.312. The zero-order valence-electron chi connectivity index (χ0n) is 12.4. The van der Waals surface area contributed by atoms with Gasteiger partial charge in [0, 0.05) is 25.2 Å². The number of carbonyl (C=O) groups is 1. The van der Waals surface area contributed by atoms with E-state index < -0.39 is 5.41 Å². The quantitative estimate of drug-likeness (QED) is 0.902. The van der Waals surface area contributed by atoms with Crippen molar-refractivity contribution in [3.8, 4) is 6.07 Å². The Balaban J connectivity index is 2.38. The maximum absolute atomic E-state index is 11.8. The number of nitrogens with zero attached hydrogens (tertiary/aromatic N) is 2. The van der Waals surface area contributed by atoms with Crippen LogP contribution in [-0.2, 0) is 4.79 Å². The Kier molecular flexibility index (Phi) is 4.08. The molecule has 1 heterocycles. The number of para-hydroxylation sites is 1. The number of aromatic nitrogens is 1. The third-order valence-corrected chi connectivity index (χ3v) is 3.44. The van der Waals surface area contributed by atoms with Gasteiger partial charge in [0.1, 0.15) is 6.07 Å². The van der Waals surface area contributed by atoms with Crippen LogP contribution in [0.1, 0.15) is 19.4 Å². The van der Waals surface area contributed by atoms with Crippen LogP contribution in [0.3, 0.4) is 0 Å². The van der Waals surface area contributed by atoms with Gasteiger partial charge in [0.15, 0.2) is 0 Å². The first kappa shape index (κ1) is 14.8. The van der Waals surface area contributed by atoms with E-state index in [9.17, 15) is 10.1 Å². The molecular weight excluding hydrogens is 264 g/mol. The van der Waals surface area contributed by atoms with E-state index in [2.05, 4.69) is 21.7 Å². The molecule has 0 radical (unpaired) electrons. The first-order valence-electron chi connectivity index (χ1n) is 6.73. The van der Waals surface area contributed by atoms with E-state index >= 15 is 0 Å². The third-order valence-electron chi connectivity index (χ3n) is 3.44. The van der Waals surface area contributed by atoms with Gasteiger partial charge in [0.2, 0.25) is 5.91 Å². The molecule has 1 aromatic carbocycles. The summed E-state index contributed by atoms with van der Waals surface area (Å²) in [4.78, 5) is 16.1. The monoisotopic (exact) mass is 282 g/mol. The number of amides is 1. The van der Waals surface area contributed by atoms with Crippen molar-refractivity contribution in [1.82, 2.24) is 10.3 Å². The summed E-state index contributed by atoms with van der Waals surface area (Å²) >= 11 is 0. The molecule has 0 saturated carbocycles. The van der Waals surface area contributed by atoms with Crippen molar-refractivity contribution < 1.29 is 4.79 Å². The smallest absolute Gasteiger partial charge is 0.227 e. The number of nitriles is 1. The number of carbonyl (C=O) groups excluding carboxylic acids is 1. The van der Waals surface area contributed by atoms with E-state index in [1.54, 1.807) is 13.2 Å². The summed E-state index contributed by atoms with van der Waals surface area (Å²) in [5.41, 5.74) is 1.43. The number of hydrogen-bond donors (Lipinski definition) is 2. The number of hydrogen-bond acceptors (Lipinski definition) is 4. The second kappa shape index (κ2) is 5.80. The summed E-state index contributed by atoms with van der Waals surface area (Å²) in [6.45, 7) is 4.14. The molecule has 1 aromatic heterocycles. The van der Waals surface area contributed by atoms with Crippen molar-refractivity contribution in [3.05, 3.63) is 36.0 Å². The van der Waals surface area contributed by atoms with Crippen molar-refractivity contribution in [2.45, 2.75) is 13.8 Å². The first-order valence-corrected chi connectivity index (χ1v) is 6.73. The van der Waals surface area contributed by atoms with Crippen LogP contribution < -0.4 is 10.6 Å². The molecule has 108 valence electrons. The van der Waals surface area contributed by atoms with E-state index in [4.69, 9.17) is 0 Å². The summed E-state index contributed by atoms with van der Waals surface area (Å²) in [5.74, 6) is -0.0492. The molecule has 2 N–H and O–H groups in total. The van der Waals surface area contributed by atoms with Gasteiger partial charge in [-0.05, 0) is 19.9 Å². The molecule has 21 heavy (non-hydrogen) atoms. The maximum atomic E-state index is 11.8. The lowest BCUT2D eigenvalue weighted by molar-refractivity contribution is -0.128. The highest BCUT2D eigenvalue weighted by Crippen LogP contribution is 2.27. The van der Waals surface area contributed by atoms with Crippen molar-refractivity contribution in [1.29, 1.82) is 5.26 Å². The third kappa shape index (κ3) is 2.95. The normalized spacial score (nSPS) is 11.0. The largest absolute Gasteiger partial charge is 0.382 e. The Morgan fingerprint density at radius 3 is 2.76 bits per heavy atom. The molecule has 2 aromatic rings. The van der Waals surface area contributed by atoms with Crippen molar-refractivity contribution >= 4 is 22.5 Å². The first-order chi connectivity index (χ1) is 9.99. The van der Waals surface area contributed by atoms with Gasteiger partial charge in [-0.15, -0.1) is 0 Å². The SMILES string of the molecule is CNC(=O)C(C)(C)CNc1c(C#N)cnc2ccccc12. The number of rotatable bonds is 4. The molecule has 0 aliphatic heterocycles. The Bertz CT molecular complexity index is 716. The average Bonchev–Trinajstić information content (AvgIpc) is 2.51. The lowest BCUT2D eigenvalue weighted by Gasteiger charge is -2.24. The van der Waals surface area contributed by atoms with Gasteiger partial charge in [-0.25, -0.2) is 0 Å². The van der Waals surface area contributed by atoms with Crippen LogP contribution in [0.15, 0.2) is 30.5 Å².